The van der Waals surface area contributed by atoms with Crippen LogP contribution in [-0.4, -0.2) is 21.0 Å². The van der Waals surface area contributed by atoms with E-state index in [9.17, 15) is 8.42 Å². The summed E-state index contributed by atoms with van der Waals surface area (Å²) in [5.41, 5.74) is 7.64. The Hall–Kier alpha value is -1.11. The number of hydrogen-bond acceptors (Lipinski definition) is 3. The van der Waals surface area contributed by atoms with Crippen molar-refractivity contribution in [3.63, 3.8) is 0 Å². The van der Waals surface area contributed by atoms with Gasteiger partial charge in [-0.05, 0) is 30.9 Å². The van der Waals surface area contributed by atoms with E-state index in [1.54, 1.807) is 0 Å². The van der Waals surface area contributed by atoms with E-state index >= 15 is 0 Å². The molecule has 1 aliphatic heterocycles. The van der Waals surface area contributed by atoms with E-state index in [-0.39, 0.29) is 12.1 Å². The van der Waals surface area contributed by atoms with Gasteiger partial charge in [0, 0.05) is 18.6 Å². The number of fused-ring (bicyclic) bond motifs is 1. The average Bonchev–Trinajstić information content (AvgIpc) is 3.12. The molecule has 2 aliphatic rings. The van der Waals surface area contributed by atoms with Gasteiger partial charge in [0.1, 0.15) is 0 Å². The zero-order valence-corrected chi connectivity index (χ0v) is 10.9. The zero-order valence-electron chi connectivity index (χ0n) is 10.0. The lowest BCUT2D eigenvalue weighted by Crippen LogP contribution is -2.45. The number of anilines is 1. The van der Waals surface area contributed by atoms with Gasteiger partial charge in [0.25, 0.3) is 0 Å². The fourth-order valence-electron chi connectivity index (χ4n) is 2.29. The molecule has 1 fully saturated rings. The van der Waals surface area contributed by atoms with Gasteiger partial charge in [-0.25, -0.2) is 0 Å². The minimum atomic E-state index is -3.43. The molecular formula is C12H17N3O2S. The topological polar surface area (TPSA) is 75.4 Å². The van der Waals surface area contributed by atoms with E-state index in [1.807, 2.05) is 24.3 Å². The van der Waals surface area contributed by atoms with E-state index in [0.29, 0.717) is 18.7 Å². The minimum absolute atomic E-state index is 0.0754. The number of para-hydroxylation sites is 1. The summed E-state index contributed by atoms with van der Waals surface area (Å²) in [5.74, 6) is 0. The smallest absolute Gasteiger partial charge is 0.301 e. The lowest BCUT2D eigenvalue weighted by Gasteiger charge is -2.33. The van der Waals surface area contributed by atoms with Crippen LogP contribution in [0.3, 0.4) is 0 Å². The summed E-state index contributed by atoms with van der Waals surface area (Å²) < 4.78 is 28.7. The van der Waals surface area contributed by atoms with E-state index in [0.717, 1.165) is 18.4 Å². The van der Waals surface area contributed by atoms with Crippen molar-refractivity contribution in [3.05, 3.63) is 29.8 Å². The van der Waals surface area contributed by atoms with Gasteiger partial charge in [-0.15, -0.1) is 0 Å². The fourth-order valence-corrected chi connectivity index (χ4v) is 3.84. The molecule has 1 unspecified atom stereocenters. The van der Waals surface area contributed by atoms with E-state index in [4.69, 9.17) is 5.73 Å². The fraction of sp³-hybridized carbons (Fsp3) is 0.500. The molecule has 98 valence electrons. The molecule has 1 aromatic carbocycles. The van der Waals surface area contributed by atoms with Gasteiger partial charge in [-0.3, -0.25) is 4.31 Å². The first-order valence-electron chi connectivity index (χ1n) is 6.22. The largest absolute Gasteiger partial charge is 0.324 e. The molecule has 1 heterocycles. The first-order chi connectivity index (χ1) is 8.58. The molecule has 5 nitrogen and oxygen atoms in total. The highest BCUT2D eigenvalue weighted by Gasteiger charge is 2.34. The maximum atomic E-state index is 12.3. The Morgan fingerprint density at radius 2 is 1.94 bits per heavy atom. The number of rotatable bonds is 3. The molecule has 6 heteroatoms. The lowest BCUT2D eigenvalue weighted by atomic mass is 9.99. The summed E-state index contributed by atoms with van der Waals surface area (Å²) >= 11 is 0. The van der Waals surface area contributed by atoms with Gasteiger partial charge in [0.2, 0.25) is 0 Å². The molecule has 0 aromatic heterocycles. The van der Waals surface area contributed by atoms with Crippen LogP contribution in [0.2, 0.25) is 0 Å². The predicted octanol–water partition coefficient (Wildman–Crippen LogP) is 0.893. The Morgan fingerprint density at radius 1 is 1.22 bits per heavy atom. The third-order valence-electron chi connectivity index (χ3n) is 3.43. The molecule has 0 bridgehead atoms. The van der Waals surface area contributed by atoms with Crippen molar-refractivity contribution in [2.24, 2.45) is 5.73 Å². The van der Waals surface area contributed by atoms with E-state index in [2.05, 4.69) is 4.72 Å². The molecule has 0 radical (unpaired) electrons. The highest BCUT2D eigenvalue weighted by molar-refractivity contribution is 7.90. The third kappa shape index (κ3) is 2.11. The summed E-state index contributed by atoms with van der Waals surface area (Å²) in [6.45, 7) is 0.445. The van der Waals surface area contributed by atoms with Crippen LogP contribution in [0.4, 0.5) is 5.69 Å². The SMILES string of the molecule is NC1CCN(S(=O)(=O)NC2CC2)c2ccccc21. The van der Waals surface area contributed by atoms with Crippen LogP contribution in [0.1, 0.15) is 30.9 Å². The normalized spacial score (nSPS) is 23.8. The van der Waals surface area contributed by atoms with Crippen LogP contribution >= 0.6 is 0 Å². The molecule has 1 saturated carbocycles. The monoisotopic (exact) mass is 267 g/mol. The first kappa shape index (κ1) is 12.0. The Kier molecular flexibility index (Phi) is 2.80. The second-order valence-corrected chi connectivity index (χ2v) is 6.55. The highest BCUT2D eigenvalue weighted by Crippen LogP contribution is 2.34. The zero-order chi connectivity index (χ0) is 12.8. The van der Waals surface area contributed by atoms with Crippen LogP contribution in [0, 0.1) is 0 Å². The first-order valence-corrected chi connectivity index (χ1v) is 7.66. The maximum Gasteiger partial charge on any atom is 0.301 e. The molecule has 3 rings (SSSR count). The lowest BCUT2D eigenvalue weighted by molar-refractivity contribution is 0.561. The molecular weight excluding hydrogens is 250 g/mol. The van der Waals surface area contributed by atoms with Crippen molar-refractivity contribution < 1.29 is 8.42 Å². The van der Waals surface area contributed by atoms with Gasteiger partial charge < -0.3 is 5.73 Å². The van der Waals surface area contributed by atoms with Gasteiger partial charge >= 0.3 is 10.2 Å². The Labute approximate surface area is 107 Å². The molecule has 1 aromatic rings. The quantitative estimate of drug-likeness (QED) is 0.854. The maximum absolute atomic E-state index is 12.3. The molecule has 1 aliphatic carbocycles. The van der Waals surface area contributed by atoms with Crippen LogP contribution in [0.5, 0.6) is 0 Å². The van der Waals surface area contributed by atoms with Crippen molar-refractivity contribution in [1.82, 2.24) is 4.72 Å². The van der Waals surface area contributed by atoms with E-state index < -0.39 is 10.2 Å². The van der Waals surface area contributed by atoms with Crippen molar-refractivity contribution in [2.75, 3.05) is 10.8 Å². The Morgan fingerprint density at radius 3 is 2.67 bits per heavy atom. The second-order valence-electron chi connectivity index (χ2n) is 4.92. The number of hydrogen-bond donors (Lipinski definition) is 2. The van der Waals surface area contributed by atoms with Crippen molar-refractivity contribution in [1.29, 1.82) is 0 Å². The van der Waals surface area contributed by atoms with Crippen LogP contribution in [0.15, 0.2) is 24.3 Å². The number of nitrogens with one attached hydrogen (secondary N) is 1. The summed E-state index contributed by atoms with van der Waals surface area (Å²) in [5, 5.41) is 0. The molecule has 0 amide bonds. The van der Waals surface area contributed by atoms with Gasteiger partial charge in [0.15, 0.2) is 0 Å². The van der Waals surface area contributed by atoms with Crippen LogP contribution in [-0.2, 0) is 10.2 Å². The minimum Gasteiger partial charge on any atom is -0.324 e. The Balaban J connectivity index is 1.96. The van der Waals surface area contributed by atoms with Crippen molar-refractivity contribution in [2.45, 2.75) is 31.3 Å². The summed E-state index contributed by atoms with van der Waals surface area (Å²) in [7, 11) is -3.43. The summed E-state index contributed by atoms with van der Waals surface area (Å²) in [6.07, 6.45) is 2.53. The predicted molar refractivity (Wildman–Crippen MR) is 70.4 cm³/mol. The third-order valence-corrected chi connectivity index (χ3v) is 5.02. The molecule has 18 heavy (non-hydrogen) atoms. The van der Waals surface area contributed by atoms with Gasteiger partial charge in [0.05, 0.1) is 5.69 Å². The van der Waals surface area contributed by atoms with Crippen LogP contribution < -0.4 is 14.8 Å². The van der Waals surface area contributed by atoms with Crippen molar-refractivity contribution in [3.8, 4) is 0 Å². The average molecular weight is 267 g/mol. The van der Waals surface area contributed by atoms with Gasteiger partial charge in [-0.1, -0.05) is 18.2 Å². The number of benzene rings is 1. The van der Waals surface area contributed by atoms with E-state index in [1.165, 1.54) is 4.31 Å². The highest BCUT2D eigenvalue weighted by atomic mass is 32.2. The van der Waals surface area contributed by atoms with Crippen LogP contribution in [0.25, 0.3) is 0 Å². The molecule has 0 spiro atoms. The molecule has 1 atom stereocenters. The van der Waals surface area contributed by atoms with Crippen molar-refractivity contribution >= 4 is 15.9 Å². The molecule has 0 saturated heterocycles. The number of nitrogens with zero attached hydrogens (tertiary/aromatic N) is 1. The number of nitrogens with two attached hydrogens (primary N) is 1. The standard InChI is InChI=1S/C12H17N3O2S/c13-11-7-8-15(12-4-2-1-3-10(11)12)18(16,17)14-9-5-6-9/h1-4,9,11,14H,5-8,13H2. The Bertz CT molecular complexity index is 554. The second kappa shape index (κ2) is 4.22. The summed E-state index contributed by atoms with van der Waals surface area (Å²) in [6, 6.07) is 7.50. The van der Waals surface area contributed by atoms with Gasteiger partial charge in [-0.2, -0.15) is 13.1 Å². The molecule has 3 N–H and O–H groups in total. The summed E-state index contributed by atoms with van der Waals surface area (Å²) in [4.78, 5) is 0.